The number of para-hydroxylation sites is 1. The third kappa shape index (κ3) is 3.73. The zero-order valence-corrected chi connectivity index (χ0v) is 12.6. The molecule has 1 aromatic carbocycles. The smallest absolute Gasteiger partial charge is 0.227 e. The molecule has 4 nitrogen and oxygen atoms in total. The number of benzene rings is 1. The standard InChI is InChI=1S/C16H24N2O2/c1-12(2)20-15-7-5-4-6-14(15)10-16(19)18-9-8-17-11-13(18)3/h4-7,12-13,17H,8-11H2,1-3H3/t13-/m1/s1. The molecule has 1 N–H and O–H groups in total. The summed E-state index contributed by atoms with van der Waals surface area (Å²) in [6, 6.07) is 8.07. The Labute approximate surface area is 121 Å². The molecule has 1 saturated heterocycles. The number of piperazine rings is 1. The largest absolute Gasteiger partial charge is 0.491 e. The molecule has 0 spiro atoms. The lowest BCUT2D eigenvalue weighted by molar-refractivity contribution is -0.133. The van der Waals surface area contributed by atoms with E-state index in [1.807, 2.05) is 43.0 Å². The number of carbonyl (C=O) groups is 1. The fourth-order valence-corrected chi connectivity index (χ4v) is 2.49. The van der Waals surface area contributed by atoms with Crippen LogP contribution < -0.4 is 10.1 Å². The quantitative estimate of drug-likeness (QED) is 0.912. The van der Waals surface area contributed by atoms with Gasteiger partial charge in [-0.2, -0.15) is 0 Å². The van der Waals surface area contributed by atoms with Crippen molar-refractivity contribution in [2.24, 2.45) is 0 Å². The zero-order chi connectivity index (χ0) is 14.5. The summed E-state index contributed by atoms with van der Waals surface area (Å²) in [6.45, 7) is 8.61. The Morgan fingerprint density at radius 3 is 2.90 bits per heavy atom. The molecule has 1 aliphatic rings. The molecule has 1 fully saturated rings. The van der Waals surface area contributed by atoms with Crippen LogP contribution in [-0.2, 0) is 11.2 Å². The first-order chi connectivity index (χ1) is 9.58. The maximum absolute atomic E-state index is 12.5. The van der Waals surface area contributed by atoms with Gasteiger partial charge in [0.15, 0.2) is 0 Å². The second kappa shape index (κ2) is 6.75. The minimum absolute atomic E-state index is 0.115. The predicted octanol–water partition coefficient (Wildman–Crippen LogP) is 1.84. The Hall–Kier alpha value is -1.55. The topological polar surface area (TPSA) is 41.6 Å². The van der Waals surface area contributed by atoms with Crippen LogP contribution in [0.15, 0.2) is 24.3 Å². The van der Waals surface area contributed by atoms with E-state index in [-0.39, 0.29) is 18.1 Å². The molecule has 0 aliphatic carbocycles. The molecule has 110 valence electrons. The summed E-state index contributed by atoms with van der Waals surface area (Å²) in [7, 11) is 0. The average molecular weight is 276 g/mol. The number of nitrogens with one attached hydrogen (secondary N) is 1. The van der Waals surface area contributed by atoms with Crippen LogP contribution in [0.5, 0.6) is 5.75 Å². The minimum atomic E-state index is 0.115. The molecule has 1 heterocycles. The molecule has 1 atom stereocenters. The van der Waals surface area contributed by atoms with E-state index >= 15 is 0 Å². The molecule has 0 radical (unpaired) electrons. The number of nitrogens with zero attached hydrogens (tertiary/aromatic N) is 1. The predicted molar refractivity (Wildman–Crippen MR) is 80.0 cm³/mol. The molecular weight excluding hydrogens is 252 g/mol. The second-order valence-corrected chi connectivity index (χ2v) is 5.59. The number of amides is 1. The number of hydrogen-bond acceptors (Lipinski definition) is 3. The van der Waals surface area contributed by atoms with E-state index in [0.717, 1.165) is 30.9 Å². The number of hydrogen-bond donors (Lipinski definition) is 1. The van der Waals surface area contributed by atoms with Gasteiger partial charge in [0.2, 0.25) is 5.91 Å². The van der Waals surface area contributed by atoms with Gasteiger partial charge in [-0.25, -0.2) is 0 Å². The number of rotatable bonds is 4. The summed E-state index contributed by atoms with van der Waals surface area (Å²) < 4.78 is 5.78. The molecule has 20 heavy (non-hydrogen) atoms. The highest BCUT2D eigenvalue weighted by Gasteiger charge is 2.23. The Bertz CT molecular complexity index is 460. The average Bonchev–Trinajstić information content (AvgIpc) is 2.41. The summed E-state index contributed by atoms with van der Waals surface area (Å²) in [5.41, 5.74) is 0.969. The Kier molecular flexibility index (Phi) is 5.01. The molecule has 0 unspecified atom stereocenters. The van der Waals surface area contributed by atoms with Crippen molar-refractivity contribution in [2.75, 3.05) is 19.6 Å². The third-order valence-electron chi connectivity index (χ3n) is 3.50. The van der Waals surface area contributed by atoms with Crippen molar-refractivity contribution in [1.29, 1.82) is 0 Å². The molecular formula is C16H24N2O2. The molecule has 1 aliphatic heterocycles. The van der Waals surface area contributed by atoms with E-state index in [1.54, 1.807) is 0 Å². The van der Waals surface area contributed by atoms with Crippen molar-refractivity contribution in [3.05, 3.63) is 29.8 Å². The first kappa shape index (κ1) is 14.9. The van der Waals surface area contributed by atoms with E-state index in [1.165, 1.54) is 0 Å². The van der Waals surface area contributed by atoms with Crippen LogP contribution in [-0.4, -0.2) is 42.6 Å². The van der Waals surface area contributed by atoms with Gasteiger partial charge in [-0.05, 0) is 26.8 Å². The molecule has 2 rings (SSSR count). The molecule has 0 bridgehead atoms. The molecule has 1 aromatic rings. The van der Waals surface area contributed by atoms with Gasteiger partial charge in [0.1, 0.15) is 5.75 Å². The van der Waals surface area contributed by atoms with Crippen LogP contribution in [0.2, 0.25) is 0 Å². The monoisotopic (exact) mass is 276 g/mol. The van der Waals surface area contributed by atoms with Gasteiger partial charge in [0.25, 0.3) is 0 Å². The Morgan fingerprint density at radius 2 is 2.20 bits per heavy atom. The highest BCUT2D eigenvalue weighted by Crippen LogP contribution is 2.21. The van der Waals surface area contributed by atoms with E-state index in [9.17, 15) is 4.79 Å². The number of ether oxygens (including phenoxy) is 1. The van der Waals surface area contributed by atoms with Crippen LogP contribution in [0.4, 0.5) is 0 Å². The van der Waals surface area contributed by atoms with Crippen molar-refractivity contribution in [3.63, 3.8) is 0 Å². The highest BCUT2D eigenvalue weighted by atomic mass is 16.5. The minimum Gasteiger partial charge on any atom is -0.491 e. The summed E-state index contributed by atoms with van der Waals surface area (Å²) in [4.78, 5) is 14.4. The van der Waals surface area contributed by atoms with Gasteiger partial charge in [-0.1, -0.05) is 18.2 Å². The first-order valence-electron chi connectivity index (χ1n) is 7.32. The fourth-order valence-electron chi connectivity index (χ4n) is 2.49. The fraction of sp³-hybridized carbons (Fsp3) is 0.562. The van der Waals surface area contributed by atoms with Crippen molar-refractivity contribution in [3.8, 4) is 5.75 Å². The van der Waals surface area contributed by atoms with Gasteiger partial charge < -0.3 is 15.0 Å². The summed E-state index contributed by atoms with van der Waals surface area (Å²) in [5.74, 6) is 0.998. The zero-order valence-electron chi connectivity index (χ0n) is 12.6. The lowest BCUT2D eigenvalue weighted by atomic mass is 10.1. The lowest BCUT2D eigenvalue weighted by Gasteiger charge is -2.34. The summed E-state index contributed by atoms with van der Waals surface area (Å²) in [5, 5.41) is 3.30. The second-order valence-electron chi connectivity index (χ2n) is 5.59. The van der Waals surface area contributed by atoms with E-state index in [0.29, 0.717) is 6.42 Å². The van der Waals surface area contributed by atoms with Crippen LogP contribution in [0, 0.1) is 0 Å². The van der Waals surface area contributed by atoms with Gasteiger partial charge in [-0.3, -0.25) is 4.79 Å². The van der Waals surface area contributed by atoms with Crippen LogP contribution in [0.1, 0.15) is 26.3 Å². The van der Waals surface area contributed by atoms with E-state index in [2.05, 4.69) is 12.2 Å². The van der Waals surface area contributed by atoms with Crippen LogP contribution in [0.25, 0.3) is 0 Å². The van der Waals surface area contributed by atoms with Crippen LogP contribution in [0.3, 0.4) is 0 Å². The summed E-state index contributed by atoms with van der Waals surface area (Å²) in [6.07, 6.45) is 0.525. The highest BCUT2D eigenvalue weighted by molar-refractivity contribution is 5.80. The van der Waals surface area contributed by atoms with Gasteiger partial charge >= 0.3 is 0 Å². The van der Waals surface area contributed by atoms with Crippen molar-refractivity contribution in [2.45, 2.75) is 39.3 Å². The SMILES string of the molecule is CC(C)Oc1ccccc1CC(=O)N1CCNC[C@H]1C. The Morgan fingerprint density at radius 1 is 1.45 bits per heavy atom. The molecule has 4 heteroatoms. The van der Waals surface area contributed by atoms with Gasteiger partial charge in [-0.15, -0.1) is 0 Å². The van der Waals surface area contributed by atoms with Crippen molar-refractivity contribution < 1.29 is 9.53 Å². The first-order valence-corrected chi connectivity index (χ1v) is 7.32. The van der Waals surface area contributed by atoms with Crippen molar-refractivity contribution >= 4 is 5.91 Å². The van der Waals surface area contributed by atoms with Crippen molar-refractivity contribution in [1.82, 2.24) is 10.2 Å². The molecule has 1 amide bonds. The third-order valence-corrected chi connectivity index (χ3v) is 3.50. The van der Waals surface area contributed by atoms with Crippen LogP contribution >= 0.6 is 0 Å². The summed E-state index contributed by atoms with van der Waals surface area (Å²) >= 11 is 0. The molecule has 0 aromatic heterocycles. The number of carbonyl (C=O) groups excluding carboxylic acids is 1. The maximum atomic E-state index is 12.5. The molecule has 0 saturated carbocycles. The van der Waals surface area contributed by atoms with Gasteiger partial charge in [0, 0.05) is 31.2 Å². The van der Waals surface area contributed by atoms with Gasteiger partial charge in [0.05, 0.1) is 12.5 Å². The normalized spacial score (nSPS) is 19.2. The maximum Gasteiger partial charge on any atom is 0.227 e. The van der Waals surface area contributed by atoms with E-state index in [4.69, 9.17) is 4.74 Å². The lowest BCUT2D eigenvalue weighted by Crippen LogP contribution is -2.52. The van der Waals surface area contributed by atoms with E-state index < -0.39 is 0 Å². The Balaban J connectivity index is 2.07.